The molecule has 5 nitrogen and oxygen atoms in total. The maximum Gasteiger partial charge on any atom is 0.243 e. The van der Waals surface area contributed by atoms with Gasteiger partial charge in [-0.1, -0.05) is 12.1 Å². The van der Waals surface area contributed by atoms with Crippen molar-refractivity contribution in [1.29, 1.82) is 0 Å². The molecule has 1 aliphatic rings. The zero-order chi connectivity index (χ0) is 14.8. The molecule has 21 heavy (non-hydrogen) atoms. The SMILES string of the molecule is Cc1nnc(NC2CCCOc3c(F)cccc32)nc1C. The average Bonchev–Trinajstić information content (AvgIpc) is 2.67. The summed E-state index contributed by atoms with van der Waals surface area (Å²) in [6.45, 7) is 4.26. The van der Waals surface area contributed by atoms with Crippen LogP contribution in [0.15, 0.2) is 18.2 Å². The number of halogens is 1. The third-order valence-electron chi connectivity index (χ3n) is 3.65. The summed E-state index contributed by atoms with van der Waals surface area (Å²) in [5.41, 5.74) is 2.43. The number of fused-ring (bicyclic) bond motifs is 1. The molecule has 6 heteroatoms. The van der Waals surface area contributed by atoms with Gasteiger partial charge in [0.2, 0.25) is 5.95 Å². The van der Waals surface area contributed by atoms with Gasteiger partial charge in [-0.2, -0.15) is 5.10 Å². The van der Waals surface area contributed by atoms with Crippen molar-refractivity contribution < 1.29 is 9.13 Å². The number of benzene rings is 1. The highest BCUT2D eigenvalue weighted by atomic mass is 19.1. The Bertz CT molecular complexity index is 662. The van der Waals surface area contributed by atoms with Gasteiger partial charge < -0.3 is 10.1 Å². The lowest BCUT2D eigenvalue weighted by molar-refractivity contribution is 0.301. The molecule has 2 aromatic rings. The molecular formula is C15H17FN4O. The Morgan fingerprint density at radius 2 is 2.10 bits per heavy atom. The van der Waals surface area contributed by atoms with Gasteiger partial charge in [-0.25, -0.2) is 9.37 Å². The molecule has 1 unspecified atom stereocenters. The van der Waals surface area contributed by atoms with Crippen molar-refractivity contribution in [3.05, 3.63) is 41.0 Å². The quantitative estimate of drug-likeness (QED) is 0.920. The van der Waals surface area contributed by atoms with Gasteiger partial charge in [0, 0.05) is 5.56 Å². The van der Waals surface area contributed by atoms with E-state index in [1.807, 2.05) is 19.9 Å². The molecule has 0 aliphatic carbocycles. The van der Waals surface area contributed by atoms with Crippen LogP contribution in [0, 0.1) is 19.7 Å². The lowest BCUT2D eigenvalue weighted by Gasteiger charge is -2.18. The normalized spacial score (nSPS) is 17.6. The average molecular weight is 288 g/mol. The number of aryl methyl sites for hydroxylation is 2. The van der Waals surface area contributed by atoms with Crippen molar-refractivity contribution in [1.82, 2.24) is 15.2 Å². The number of ether oxygens (including phenoxy) is 1. The zero-order valence-electron chi connectivity index (χ0n) is 12.1. The second kappa shape index (κ2) is 5.63. The van der Waals surface area contributed by atoms with Crippen molar-refractivity contribution in [3.63, 3.8) is 0 Å². The van der Waals surface area contributed by atoms with E-state index in [0.717, 1.165) is 29.8 Å². The number of nitrogens with zero attached hydrogens (tertiary/aromatic N) is 3. The molecule has 0 saturated heterocycles. The van der Waals surface area contributed by atoms with E-state index in [9.17, 15) is 4.39 Å². The van der Waals surface area contributed by atoms with Gasteiger partial charge in [0.1, 0.15) is 0 Å². The molecule has 0 radical (unpaired) electrons. The molecule has 1 N–H and O–H groups in total. The molecule has 1 atom stereocenters. The first-order valence-electron chi connectivity index (χ1n) is 7.01. The molecule has 2 heterocycles. The number of anilines is 1. The van der Waals surface area contributed by atoms with Crippen LogP contribution in [0.5, 0.6) is 5.75 Å². The molecular weight excluding hydrogens is 271 g/mol. The number of hydrogen-bond acceptors (Lipinski definition) is 5. The number of nitrogens with one attached hydrogen (secondary N) is 1. The van der Waals surface area contributed by atoms with Crippen molar-refractivity contribution >= 4 is 5.95 Å². The number of aromatic nitrogens is 3. The van der Waals surface area contributed by atoms with E-state index in [-0.39, 0.29) is 11.9 Å². The Morgan fingerprint density at radius 3 is 2.90 bits per heavy atom. The smallest absolute Gasteiger partial charge is 0.243 e. The van der Waals surface area contributed by atoms with Gasteiger partial charge in [-0.15, -0.1) is 5.10 Å². The van der Waals surface area contributed by atoms with Gasteiger partial charge in [-0.05, 0) is 32.8 Å². The first-order chi connectivity index (χ1) is 10.1. The topological polar surface area (TPSA) is 59.9 Å². The van der Waals surface area contributed by atoms with E-state index in [1.54, 1.807) is 6.07 Å². The molecule has 3 rings (SSSR count). The predicted octanol–water partition coefficient (Wildman–Crippen LogP) is 2.95. The fourth-order valence-electron chi connectivity index (χ4n) is 2.39. The second-order valence-electron chi connectivity index (χ2n) is 5.15. The summed E-state index contributed by atoms with van der Waals surface area (Å²) in [4.78, 5) is 4.37. The Balaban J connectivity index is 1.92. The van der Waals surface area contributed by atoms with Crippen molar-refractivity contribution in [2.45, 2.75) is 32.7 Å². The fourth-order valence-corrected chi connectivity index (χ4v) is 2.39. The van der Waals surface area contributed by atoms with E-state index in [4.69, 9.17) is 4.74 Å². The Hall–Kier alpha value is -2.24. The van der Waals surface area contributed by atoms with E-state index in [1.165, 1.54) is 6.07 Å². The summed E-state index contributed by atoms with van der Waals surface area (Å²) in [5.74, 6) is 0.449. The van der Waals surface area contributed by atoms with Crippen LogP contribution in [0.4, 0.5) is 10.3 Å². The molecule has 1 aliphatic heterocycles. The highest BCUT2D eigenvalue weighted by molar-refractivity contribution is 5.42. The van der Waals surface area contributed by atoms with Crippen LogP contribution >= 0.6 is 0 Å². The minimum atomic E-state index is -0.333. The van der Waals surface area contributed by atoms with E-state index < -0.39 is 0 Å². The van der Waals surface area contributed by atoms with Crippen LogP contribution in [0.2, 0.25) is 0 Å². The van der Waals surface area contributed by atoms with Gasteiger partial charge in [-0.3, -0.25) is 0 Å². The van der Waals surface area contributed by atoms with Crippen LogP contribution in [0.25, 0.3) is 0 Å². The van der Waals surface area contributed by atoms with Gasteiger partial charge in [0.25, 0.3) is 0 Å². The number of rotatable bonds is 2. The molecule has 0 fully saturated rings. The van der Waals surface area contributed by atoms with E-state index in [2.05, 4.69) is 20.5 Å². The van der Waals surface area contributed by atoms with Crippen molar-refractivity contribution in [2.75, 3.05) is 11.9 Å². The molecule has 1 aromatic carbocycles. The zero-order valence-corrected chi connectivity index (χ0v) is 12.1. The monoisotopic (exact) mass is 288 g/mol. The summed E-state index contributed by atoms with van der Waals surface area (Å²) in [6.07, 6.45) is 1.66. The molecule has 1 aromatic heterocycles. The van der Waals surface area contributed by atoms with Crippen LogP contribution in [0.1, 0.15) is 35.8 Å². The minimum absolute atomic E-state index is 0.0814. The fraction of sp³-hybridized carbons (Fsp3) is 0.400. The molecule has 0 amide bonds. The summed E-state index contributed by atoms with van der Waals surface area (Å²) in [6, 6.07) is 4.89. The lowest BCUT2D eigenvalue weighted by atomic mass is 10.0. The second-order valence-corrected chi connectivity index (χ2v) is 5.15. The number of hydrogen-bond donors (Lipinski definition) is 1. The van der Waals surface area contributed by atoms with Crippen LogP contribution < -0.4 is 10.1 Å². The standard InChI is InChI=1S/C15H17FN4O/c1-9-10(2)19-20-15(17-9)18-13-7-4-8-21-14-11(13)5-3-6-12(14)16/h3,5-6,13H,4,7-8H2,1-2H3,(H,17,18,20). The first-order valence-corrected chi connectivity index (χ1v) is 7.01. The Morgan fingerprint density at radius 1 is 1.24 bits per heavy atom. The summed E-state index contributed by atoms with van der Waals surface area (Å²) in [7, 11) is 0. The molecule has 0 saturated carbocycles. The van der Waals surface area contributed by atoms with Gasteiger partial charge in [0.15, 0.2) is 11.6 Å². The van der Waals surface area contributed by atoms with Crippen molar-refractivity contribution in [3.8, 4) is 5.75 Å². The predicted molar refractivity (Wildman–Crippen MR) is 76.8 cm³/mol. The highest BCUT2D eigenvalue weighted by Gasteiger charge is 2.23. The van der Waals surface area contributed by atoms with E-state index in [0.29, 0.717) is 18.3 Å². The molecule has 110 valence electrons. The third kappa shape index (κ3) is 2.79. The highest BCUT2D eigenvalue weighted by Crippen LogP contribution is 2.34. The van der Waals surface area contributed by atoms with Gasteiger partial charge in [0.05, 0.1) is 24.0 Å². The van der Waals surface area contributed by atoms with Crippen LogP contribution in [-0.4, -0.2) is 21.8 Å². The van der Waals surface area contributed by atoms with E-state index >= 15 is 0 Å². The largest absolute Gasteiger partial charge is 0.490 e. The summed E-state index contributed by atoms with van der Waals surface area (Å²) < 4.78 is 19.4. The maximum absolute atomic E-state index is 13.9. The molecule has 0 bridgehead atoms. The lowest BCUT2D eigenvalue weighted by Crippen LogP contribution is -2.14. The van der Waals surface area contributed by atoms with Crippen molar-refractivity contribution in [2.24, 2.45) is 0 Å². The summed E-state index contributed by atoms with van der Waals surface area (Å²) >= 11 is 0. The number of para-hydroxylation sites is 1. The van der Waals surface area contributed by atoms with Crippen LogP contribution in [0.3, 0.4) is 0 Å². The minimum Gasteiger partial charge on any atom is -0.490 e. The Labute approximate surface area is 122 Å². The Kier molecular flexibility index (Phi) is 3.68. The maximum atomic E-state index is 13.9. The van der Waals surface area contributed by atoms with Crippen LogP contribution in [-0.2, 0) is 0 Å². The molecule has 0 spiro atoms. The summed E-state index contributed by atoms with van der Waals surface area (Å²) in [5, 5.41) is 11.4. The van der Waals surface area contributed by atoms with Gasteiger partial charge >= 0.3 is 0 Å². The third-order valence-corrected chi connectivity index (χ3v) is 3.65. The first kappa shape index (κ1) is 13.7.